The quantitative estimate of drug-likeness (QED) is 0.367. The van der Waals surface area contributed by atoms with Crippen LogP contribution in [0.25, 0.3) is 16.7 Å². The van der Waals surface area contributed by atoms with E-state index in [1.165, 1.54) is 6.07 Å². The molecule has 0 aliphatic carbocycles. The SMILES string of the molecule is [N-]=[N+]=CS(=O)(=O)c1ccccc1-c1ccccc1. The molecule has 0 saturated heterocycles. The molecule has 0 aliphatic rings. The number of nitrogens with zero attached hydrogens (tertiary/aromatic N) is 2. The molecule has 0 N–H and O–H groups in total. The van der Waals surface area contributed by atoms with Gasteiger partial charge in [-0.15, -0.1) is 0 Å². The highest BCUT2D eigenvalue weighted by molar-refractivity contribution is 8.04. The summed E-state index contributed by atoms with van der Waals surface area (Å²) in [7, 11) is -3.73. The van der Waals surface area contributed by atoms with E-state index in [9.17, 15) is 8.42 Å². The summed E-state index contributed by atoms with van der Waals surface area (Å²) in [5.41, 5.74) is 10.3. The smallest absolute Gasteiger partial charge is 0.361 e. The van der Waals surface area contributed by atoms with E-state index in [0.29, 0.717) is 11.1 Å². The Labute approximate surface area is 105 Å². The zero-order chi connectivity index (χ0) is 13.0. The minimum absolute atomic E-state index is 0.119. The van der Waals surface area contributed by atoms with Gasteiger partial charge in [0.2, 0.25) is 0 Å². The molecule has 2 aromatic carbocycles. The predicted molar refractivity (Wildman–Crippen MR) is 68.7 cm³/mol. The molecule has 0 fully saturated rings. The van der Waals surface area contributed by atoms with E-state index in [1.807, 2.05) is 30.3 Å². The van der Waals surface area contributed by atoms with E-state index >= 15 is 0 Å². The fourth-order valence-electron chi connectivity index (χ4n) is 1.69. The molecule has 0 unspecified atom stereocenters. The van der Waals surface area contributed by atoms with Crippen molar-refractivity contribution in [3.8, 4) is 11.1 Å². The maximum Gasteiger partial charge on any atom is 0.374 e. The first-order valence-electron chi connectivity index (χ1n) is 5.22. The summed E-state index contributed by atoms with van der Waals surface area (Å²) in [5, 5.41) is 0. The number of hydrogen-bond acceptors (Lipinski definition) is 2. The summed E-state index contributed by atoms with van der Waals surface area (Å²) in [6.45, 7) is 0. The maximum atomic E-state index is 11.9. The zero-order valence-electron chi connectivity index (χ0n) is 9.39. The summed E-state index contributed by atoms with van der Waals surface area (Å²) < 4.78 is 23.8. The van der Waals surface area contributed by atoms with Crippen molar-refractivity contribution in [1.29, 1.82) is 0 Å². The van der Waals surface area contributed by atoms with Crippen molar-refractivity contribution in [1.82, 2.24) is 0 Å². The summed E-state index contributed by atoms with van der Waals surface area (Å²) in [4.78, 5) is 2.73. The number of hydrogen-bond donors (Lipinski definition) is 0. The lowest BCUT2D eigenvalue weighted by molar-refractivity contribution is 0.00754. The Morgan fingerprint density at radius 2 is 1.56 bits per heavy atom. The lowest BCUT2D eigenvalue weighted by Gasteiger charge is -2.05. The number of rotatable bonds is 3. The van der Waals surface area contributed by atoms with E-state index in [-0.39, 0.29) is 4.90 Å². The van der Waals surface area contributed by atoms with Crippen molar-refractivity contribution in [2.24, 2.45) is 0 Å². The van der Waals surface area contributed by atoms with Crippen LogP contribution in [-0.2, 0) is 9.84 Å². The molecule has 90 valence electrons. The van der Waals surface area contributed by atoms with Gasteiger partial charge in [0.25, 0.3) is 9.84 Å². The Bertz CT molecular complexity index is 703. The van der Waals surface area contributed by atoms with Crippen molar-refractivity contribution in [3.05, 3.63) is 60.1 Å². The molecule has 0 saturated carbocycles. The van der Waals surface area contributed by atoms with Gasteiger partial charge in [0.1, 0.15) is 0 Å². The van der Waals surface area contributed by atoms with Crippen LogP contribution >= 0.6 is 0 Å². The number of benzene rings is 2. The third-order valence-corrected chi connectivity index (χ3v) is 3.81. The van der Waals surface area contributed by atoms with Gasteiger partial charge in [0, 0.05) is 5.56 Å². The van der Waals surface area contributed by atoms with Gasteiger partial charge in [-0.05, 0) is 11.6 Å². The molecule has 4 nitrogen and oxygen atoms in total. The Kier molecular flexibility index (Phi) is 3.37. The van der Waals surface area contributed by atoms with Gasteiger partial charge >= 0.3 is 5.55 Å². The topological polar surface area (TPSA) is 70.5 Å². The van der Waals surface area contributed by atoms with Gasteiger partial charge in [-0.25, -0.2) is 8.42 Å². The van der Waals surface area contributed by atoms with Crippen molar-refractivity contribution in [3.63, 3.8) is 0 Å². The molecule has 0 aromatic heterocycles. The van der Waals surface area contributed by atoms with E-state index < -0.39 is 9.84 Å². The molecule has 2 rings (SSSR count). The Morgan fingerprint density at radius 3 is 2.22 bits per heavy atom. The second-order valence-electron chi connectivity index (χ2n) is 3.63. The Morgan fingerprint density at radius 1 is 0.944 bits per heavy atom. The van der Waals surface area contributed by atoms with Gasteiger partial charge in [-0.1, -0.05) is 48.5 Å². The standard InChI is InChI=1S/C13H10N2O2S/c14-15-10-18(16,17)13-9-5-4-8-12(13)11-6-2-1-3-7-11/h1-10H. The molecule has 0 heterocycles. The molecule has 0 atom stereocenters. The van der Waals surface area contributed by atoms with Crippen molar-refractivity contribution in [2.75, 3.05) is 0 Å². The largest absolute Gasteiger partial charge is 0.374 e. The van der Waals surface area contributed by atoms with Gasteiger partial charge < -0.3 is 5.53 Å². The minimum Gasteiger partial charge on any atom is -0.361 e. The van der Waals surface area contributed by atoms with Crippen molar-refractivity contribution in [2.45, 2.75) is 4.90 Å². The first-order valence-corrected chi connectivity index (χ1v) is 6.77. The van der Waals surface area contributed by atoms with Gasteiger partial charge in [0.15, 0.2) is 0 Å². The van der Waals surface area contributed by atoms with Crippen molar-refractivity contribution < 1.29 is 13.2 Å². The average molecular weight is 258 g/mol. The van der Waals surface area contributed by atoms with Crippen LogP contribution in [0.5, 0.6) is 0 Å². The van der Waals surface area contributed by atoms with Crippen LogP contribution in [0.15, 0.2) is 59.5 Å². The van der Waals surface area contributed by atoms with Crippen LogP contribution in [0.1, 0.15) is 0 Å². The summed E-state index contributed by atoms with van der Waals surface area (Å²) in [6.07, 6.45) is 0. The van der Waals surface area contributed by atoms with Crippen LogP contribution in [0.4, 0.5) is 0 Å². The maximum absolute atomic E-state index is 11.9. The highest BCUT2D eigenvalue weighted by Crippen LogP contribution is 2.26. The lowest BCUT2D eigenvalue weighted by Crippen LogP contribution is -2.04. The second kappa shape index (κ2) is 4.96. The second-order valence-corrected chi connectivity index (χ2v) is 5.37. The molecule has 2 aromatic rings. The molecule has 0 radical (unpaired) electrons. The van der Waals surface area contributed by atoms with Crippen LogP contribution in [0.2, 0.25) is 0 Å². The van der Waals surface area contributed by atoms with Gasteiger partial charge in [-0.2, -0.15) is 4.79 Å². The fourth-order valence-corrected chi connectivity index (χ4v) is 2.69. The molecule has 18 heavy (non-hydrogen) atoms. The first kappa shape index (κ1) is 12.2. The molecule has 5 heteroatoms. The molecule has 0 spiro atoms. The van der Waals surface area contributed by atoms with Crippen LogP contribution < -0.4 is 0 Å². The molecule has 0 amide bonds. The lowest BCUT2D eigenvalue weighted by atomic mass is 10.1. The van der Waals surface area contributed by atoms with Crippen LogP contribution in [0, 0.1) is 0 Å². The van der Waals surface area contributed by atoms with Crippen LogP contribution in [-0.4, -0.2) is 18.8 Å². The van der Waals surface area contributed by atoms with E-state index in [4.69, 9.17) is 5.53 Å². The monoisotopic (exact) mass is 258 g/mol. The molecule has 0 bridgehead atoms. The predicted octanol–water partition coefficient (Wildman–Crippen LogP) is 2.39. The first-order chi connectivity index (χ1) is 8.65. The highest BCUT2D eigenvalue weighted by Gasteiger charge is 2.20. The fraction of sp³-hybridized carbons (Fsp3) is 0. The summed E-state index contributed by atoms with van der Waals surface area (Å²) in [5.74, 6) is 0. The molecule has 0 aliphatic heterocycles. The summed E-state index contributed by atoms with van der Waals surface area (Å²) in [6, 6.07) is 15.8. The third-order valence-electron chi connectivity index (χ3n) is 2.46. The van der Waals surface area contributed by atoms with Gasteiger partial charge in [-0.3, -0.25) is 0 Å². The highest BCUT2D eigenvalue weighted by atomic mass is 32.2. The normalized spacial score (nSPS) is 10.7. The molecular weight excluding hydrogens is 248 g/mol. The molecular formula is C13H10N2O2S. The number of sulfone groups is 1. The Balaban J connectivity index is 2.69. The average Bonchev–Trinajstić information content (AvgIpc) is 2.40. The zero-order valence-corrected chi connectivity index (χ0v) is 10.2. The van der Waals surface area contributed by atoms with Crippen molar-refractivity contribution >= 4 is 15.4 Å². The van der Waals surface area contributed by atoms with E-state index in [2.05, 4.69) is 4.79 Å². The van der Waals surface area contributed by atoms with Crippen LogP contribution in [0.3, 0.4) is 0 Å². The van der Waals surface area contributed by atoms with E-state index in [0.717, 1.165) is 5.56 Å². The summed E-state index contributed by atoms with van der Waals surface area (Å²) >= 11 is 0. The third kappa shape index (κ3) is 2.37. The Hall–Kier alpha value is -2.23. The van der Waals surface area contributed by atoms with Gasteiger partial charge in [0.05, 0.1) is 4.90 Å². The van der Waals surface area contributed by atoms with E-state index in [1.54, 1.807) is 18.2 Å². The minimum atomic E-state index is -3.73.